The highest BCUT2D eigenvalue weighted by molar-refractivity contribution is 6.32. The Hall–Kier alpha value is -2.05. The first-order chi connectivity index (χ1) is 10.2. The predicted octanol–water partition coefficient (Wildman–Crippen LogP) is 4.34. The molecule has 0 saturated carbocycles. The first kappa shape index (κ1) is 15.3. The van der Waals surface area contributed by atoms with Gasteiger partial charge in [-0.15, -0.1) is 0 Å². The minimum Gasteiger partial charge on any atom is -0.481 e. The topological polar surface area (TPSA) is 45.4 Å². The average Bonchev–Trinajstić information content (AvgIpc) is 2.50. The van der Waals surface area contributed by atoms with Crippen LogP contribution >= 0.6 is 11.6 Å². The van der Waals surface area contributed by atoms with Crippen molar-refractivity contribution in [2.45, 2.75) is 26.2 Å². The number of halogens is 1. The minimum absolute atomic E-state index is 0.579. The molecule has 1 aliphatic heterocycles. The van der Waals surface area contributed by atoms with Gasteiger partial charge >= 0.3 is 0 Å². The van der Waals surface area contributed by atoms with Crippen molar-refractivity contribution >= 4 is 17.5 Å². The number of ether oxygens (including phenoxy) is 1. The fraction of sp³-hybridized carbons (Fsp3) is 0.294. The Morgan fingerprint density at radius 3 is 2.67 bits per heavy atom. The molecule has 0 N–H and O–H groups in total. The third kappa shape index (κ3) is 3.74. The molecule has 1 aromatic carbocycles. The van der Waals surface area contributed by atoms with Gasteiger partial charge in [0.05, 0.1) is 18.7 Å². The van der Waals surface area contributed by atoms with Crippen molar-refractivity contribution in [3.8, 4) is 6.07 Å². The maximum atomic E-state index is 8.83. The average molecular weight is 301 g/mol. The number of hydrogen-bond donors (Lipinski definition) is 0. The van der Waals surface area contributed by atoms with E-state index >= 15 is 0 Å². The van der Waals surface area contributed by atoms with E-state index in [9.17, 15) is 0 Å². The van der Waals surface area contributed by atoms with Gasteiger partial charge in [0.15, 0.2) is 0 Å². The van der Waals surface area contributed by atoms with Crippen LogP contribution in [-0.2, 0) is 11.2 Å². The van der Waals surface area contributed by atoms with Gasteiger partial charge in [0, 0.05) is 29.1 Å². The second kappa shape index (κ2) is 7.10. The van der Waals surface area contributed by atoms with Gasteiger partial charge in [0.2, 0.25) is 5.90 Å². The summed E-state index contributed by atoms with van der Waals surface area (Å²) in [5, 5.41) is 9.60. The van der Waals surface area contributed by atoms with E-state index in [4.69, 9.17) is 21.6 Å². The molecule has 0 atom stereocenters. The Kier molecular flexibility index (Phi) is 5.19. The molecule has 0 unspecified atom stereocenters. The summed E-state index contributed by atoms with van der Waals surface area (Å²) in [5.41, 5.74) is 3.59. The number of allylic oxidation sites excluding steroid dienone is 2. The zero-order valence-electron chi connectivity index (χ0n) is 12.2. The number of nitriles is 1. The molecule has 0 amide bonds. The molecule has 0 spiro atoms. The van der Waals surface area contributed by atoms with Crippen LogP contribution in [0.1, 0.15) is 30.9 Å². The van der Waals surface area contributed by atoms with Crippen LogP contribution in [0.3, 0.4) is 0 Å². The SMILES string of the molecule is CC/C=C1\CC(Cl)=C(Cc2ccc(C#N)cc2)C(OC)=N1. The smallest absolute Gasteiger partial charge is 0.218 e. The number of methoxy groups -OCH3 is 1. The van der Waals surface area contributed by atoms with Crippen LogP contribution in [-0.4, -0.2) is 13.0 Å². The van der Waals surface area contributed by atoms with E-state index in [1.54, 1.807) is 19.2 Å². The van der Waals surface area contributed by atoms with E-state index in [1.165, 1.54) is 0 Å². The van der Waals surface area contributed by atoms with Gasteiger partial charge in [-0.2, -0.15) is 5.26 Å². The first-order valence-corrected chi connectivity index (χ1v) is 7.24. The fourth-order valence-electron chi connectivity index (χ4n) is 2.21. The summed E-state index contributed by atoms with van der Waals surface area (Å²) in [6.45, 7) is 2.07. The second-order valence-corrected chi connectivity index (χ2v) is 5.23. The highest BCUT2D eigenvalue weighted by Gasteiger charge is 2.20. The number of nitrogens with zero attached hydrogens (tertiary/aromatic N) is 2. The molecule has 4 heteroatoms. The molecular weight excluding hydrogens is 284 g/mol. The zero-order chi connectivity index (χ0) is 15.2. The van der Waals surface area contributed by atoms with Gasteiger partial charge in [0.25, 0.3) is 0 Å². The molecule has 21 heavy (non-hydrogen) atoms. The van der Waals surface area contributed by atoms with Crippen molar-refractivity contribution in [1.29, 1.82) is 5.26 Å². The molecule has 0 aromatic heterocycles. The highest BCUT2D eigenvalue weighted by Crippen LogP contribution is 2.29. The van der Waals surface area contributed by atoms with Crippen molar-refractivity contribution in [2.75, 3.05) is 7.11 Å². The van der Waals surface area contributed by atoms with Crippen LogP contribution in [0.4, 0.5) is 0 Å². The summed E-state index contributed by atoms with van der Waals surface area (Å²) in [6.07, 6.45) is 4.27. The Labute approximate surface area is 130 Å². The lowest BCUT2D eigenvalue weighted by Gasteiger charge is -2.18. The lowest BCUT2D eigenvalue weighted by atomic mass is 10.00. The molecule has 1 aliphatic rings. The monoisotopic (exact) mass is 300 g/mol. The number of hydrogen-bond acceptors (Lipinski definition) is 3. The third-order valence-electron chi connectivity index (χ3n) is 3.26. The number of rotatable bonds is 3. The van der Waals surface area contributed by atoms with Crippen molar-refractivity contribution in [1.82, 2.24) is 0 Å². The Morgan fingerprint density at radius 1 is 1.38 bits per heavy atom. The van der Waals surface area contributed by atoms with E-state index in [0.29, 0.717) is 24.3 Å². The molecule has 1 heterocycles. The van der Waals surface area contributed by atoms with Gasteiger partial charge in [-0.05, 0) is 24.1 Å². The van der Waals surface area contributed by atoms with Crippen molar-refractivity contribution < 1.29 is 4.74 Å². The van der Waals surface area contributed by atoms with Gasteiger partial charge in [0.1, 0.15) is 0 Å². The molecule has 3 nitrogen and oxygen atoms in total. The summed E-state index contributed by atoms with van der Waals surface area (Å²) in [6, 6.07) is 9.58. The number of benzene rings is 1. The van der Waals surface area contributed by atoms with Crippen molar-refractivity contribution in [2.24, 2.45) is 4.99 Å². The molecule has 0 bridgehead atoms. The first-order valence-electron chi connectivity index (χ1n) is 6.86. The second-order valence-electron chi connectivity index (χ2n) is 4.77. The van der Waals surface area contributed by atoms with Gasteiger partial charge in [-0.25, -0.2) is 4.99 Å². The van der Waals surface area contributed by atoms with Crippen LogP contribution in [0.2, 0.25) is 0 Å². The third-order valence-corrected chi connectivity index (χ3v) is 3.63. The molecule has 0 saturated heterocycles. The predicted molar refractivity (Wildman–Crippen MR) is 85.2 cm³/mol. The van der Waals surface area contributed by atoms with Gasteiger partial charge in [-0.1, -0.05) is 36.7 Å². The van der Waals surface area contributed by atoms with Gasteiger partial charge in [-0.3, -0.25) is 0 Å². The fourth-order valence-corrected chi connectivity index (χ4v) is 2.50. The minimum atomic E-state index is 0.579. The summed E-state index contributed by atoms with van der Waals surface area (Å²) >= 11 is 6.42. The van der Waals surface area contributed by atoms with Gasteiger partial charge < -0.3 is 4.74 Å². The molecule has 108 valence electrons. The summed E-state index contributed by atoms with van der Waals surface area (Å²) in [7, 11) is 1.61. The van der Waals surface area contributed by atoms with E-state index in [2.05, 4.69) is 24.1 Å². The maximum Gasteiger partial charge on any atom is 0.218 e. The molecule has 1 aromatic rings. The molecule has 0 radical (unpaired) electrons. The van der Waals surface area contributed by atoms with Crippen LogP contribution in [0.5, 0.6) is 0 Å². The van der Waals surface area contributed by atoms with Crippen LogP contribution in [0.15, 0.2) is 51.6 Å². The quantitative estimate of drug-likeness (QED) is 0.833. The van der Waals surface area contributed by atoms with E-state index < -0.39 is 0 Å². The zero-order valence-corrected chi connectivity index (χ0v) is 12.9. The van der Waals surface area contributed by atoms with Crippen LogP contribution < -0.4 is 0 Å². The largest absolute Gasteiger partial charge is 0.481 e. The molecule has 0 aliphatic carbocycles. The maximum absolute atomic E-state index is 8.83. The summed E-state index contributed by atoms with van der Waals surface area (Å²) in [4.78, 5) is 4.51. The van der Waals surface area contributed by atoms with Crippen LogP contribution in [0.25, 0.3) is 0 Å². The standard InChI is InChI=1S/C17H17ClN2O/c1-3-4-14-10-16(18)15(17(20-14)21-2)9-12-5-7-13(11-19)8-6-12/h4-8H,3,9-10H2,1-2H3/b14-4+. The van der Waals surface area contributed by atoms with E-state index in [-0.39, 0.29) is 0 Å². The molecule has 2 rings (SSSR count). The van der Waals surface area contributed by atoms with E-state index in [0.717, 1.165) is 28.3 Å². The molecule has 0 fully saturated rings. The summed E-state index contributed by atoms with van der Waals surface area (Å²) < 4.78 is 5.38. The lowest BCUT2D eigenvalue weighted by Crippen LogP contribution is -2.14. The van der Waals surface area contributed by atoms with Crippen molar-refractivity contribution in [3.05, 3.63) is 57.8 Å². The lowest BCUT2D eigenvalue weighted by molar-refractivity contribution is 0.400. The Balaban J connectivity index is 2.25. The normalized spacial score (nSPS) is 16.7. The van der Waals surface area contributed by atoms with E-state index in [1.807, 2.05) is 12.1 Å². The summed E-state index contributed by atoms with van der Waals surface area (Å²) in [5.74, 6) is 0.579. The van der Waals surface area contributed by atoms with Crippen LogP contribution in [0, 0.1) is 11.3 Å². The Morgan fingerprint density at radius 2 is 2.10 bits per heavy atom. The highest BCUT2D eigenvalue weighted by atomic mass is 35.5. The molecular formula is C17H17ClN2O. The Bertz CT molecular complexity index is 648. The number of aliphatic imine (C=N–C) groups is 1. The van der Waals surface area contributed by atoms with Crippen molar-refractivity contribution in [3.63, 3.8) is 0 Å². The number of dihydropyridines is 1.